The van der Waals surface area contributed by atoms with Gasteiger partial charge in [0.1, 0.15) is 18.5 Å². The van der Waals surface area contributed by atoms with E-state index in [0.29, 0.717) is 17.0 Å². The Kier molecular flexibility index (Phi) is 10.7. The van der Waals surface area contributed by atoms with E-state index in [4.69, 9.17) is 24.1 Å². The minimum absolute atomic E-state index is 0.0328. The molecule has 0 saturated carbocycles. The van der Waals surface area contributed by atoms with E-state index >= 15 is 0 Å². The number of hydrogen-bond acceptors (Lipinski definition) is 8. The molecule has 0 aliphatic rings. The first-order valence-corrected chi connectivity index (χ1v) is 10.4. The minimum Gasteiger partial charge on any atom is -0.491 e. The summed E-state index contributed by atoms with van der Waals surface area (Å²) < 4.78 is 22.0. The number of para-hydroxylation sites is 2. The first kappa shape index (κ1) is 24.5. The van der Waals surface area contributed by atoms with Gasteiger partial charge in [0.15, 0.2) is 6.10 Å². The lowest BCUT2D eigenvalue weighted by Gasteiger charge is -2.27. The number of aliphatic hydroxyl groups is 1. The summed E-state index contributed by atoms with van der Waals surface area (Å²) in [6.07, 6.45) is -1.90. The number of esters is 1. The number of benzene rings is 2. The second-order valence-electron chi connectivity index (χ2n) is 6.37. The van der Waals surface area contributed by atoms with Gasteiger partial charge in [-0.3, -0.25) is 10.1 Å². The number of amides is 1. The highest BCUT2D eigenvalue weighted by Gasteiger charge is 2.30. The van der Waals surface area contributed by atoms with Gasteiger partial charge in [-0.1, -0.05) is 36.4 Å². The molecule has 0 radical (unpaired) electrons. The van der Waals surface area contributed by atoms with Crippen molar-refractivity contribution < 1.29 is 33.6 Å². The molecule has 2 aromatic rings. The summed E-state index contributed by atoms with van der Waals surface area (Å²) in [5, 5.41) is 11.8. The zero-order valence-electron chi connectivity index (χ0n) is 17.2. The van der Waals surface area contributed by atoms with Crippen molar-refractivity contribution in [2.24, 2.45) is 0 Å². The van der Waals surface area contributed by atoms with Crippen LogP contribution in [0.25, 0.3) is 0 Å². The number of thiol groups is 1. The van der Waals surface area contributed by atoms with Crippen molar-refractivity contribution in [2.75, 3.05) is 38.0 Å². The van der Waals surface area contributed by atoms with Gasteiger partial charge in [-0.15, -0.1) is 0 Å². The molecule has 0 aliphatic carbocycles. The van der Waals surface area contributed by atoms with Crippen LogP contribution in [-0.4, -0.2) is 56.0 Å². The summed E-state index contributed by atoms with van der Waals surface area (Å²) in [5.74, 6) is -0.0397. The van der Waals surface area contributed by atoms with E-state index in [2.05, 4.69) is 17.9 Å². The van der Waals surface area contributed by atoms with Crippen LogP contribution in [0.2, 0.25) is 0 Å². The van der Waals surface area contributed by atoms with Gasteiger partial charge in [-0.05, 0) is 18.2 Å². The Hall–Kier alpha value is -2.75. The monoisotopic (exact) mass is 449 g/mol. The van der Waals surface area contributed by atoms with E-state index in [1.54, 1.807) is 48.5 Å². The van der Waals surface area contributed by atoms with Crippen LogP contribution in [0.15, 0.2) is 54.6 Å². The molecule has 0 aliphatic heterocycles. The smallest absolute Gasteiger partial charge is 0.412 e. The van der Waals surface area contributed by atoms with Gasteiger partial charge >= 0.3 is 12.1 Å². The van der Waals surface area contributed by atoms with Crippen LogP contribution in [0.3, 0.4) is 0 Å². The van der Waals surface area contributed by atoms with Crippen LogP contribution < -0.4 is 10.1 Å². The topological polar surface area (TPSA) is 103 Å². The molecule has 168 valence electrons. The molecule has 2 N–H and O–H groups in total. The quantitative estimate of drug-likeness (QED) is 0.338. The maximum Gasteiger partial charge on any atom is 0.412 e. The van der Waals surface area contributed by atoms with Crippen molar-refractivity contribution in [1.29, 1.82) is 0 Å². The average molecular weight is 450 g/mol. The van der Waals surface area contributed by atoms with Crippen molar-refractivity contribution in [3.63, 3.8) is 0 Å². The number of rotatable bonds is 12. The Bertz CT molecular complexity index is 819. The number of nitrogens with one attached hydrogen (secondary N) is 1. The number of methoxy groups -OCH3 is 1. The number of hydrogen-bond donors (Lipinski definition) is 3. The summed E-state index contributed by atoms with van der Waals surface area (Å²) in [6.45, 7) is -0.0172. The van der Waals surface area contributed by atoms with Crippen LogP contribution in [0.4, 0.5) is 10.5 Å². The molecule has 0 heterocycles. The number of anilines is 1. The molecule has 1 amide bonds. The largest absolute Gasteiger partial charge is 0.491 e. The van der Waals surface area contributed by atoms with Gasteiger partial charge in [0.2, 0.25) is 0 Å². The lowest BCUT2D eigenvalue weighted by Crippen LogP contribution is -2.30. The van der Waals surface area contributed by atoms with Gasteiger partial charge in [0.25, 0.3) is 0 Å². The number of carbonyl (C=O) groups excluding carboxylic acids is 2. The van der Waals surface area contributed by atoms with Crippen molar-refractivity contribution >= 4 is 30.4 Å². The molecule has 31 heavy (non-hydrogen) atoms. The van der Waals surface area contributed by atoms with Crippen molar-refractivity contribution in [1.82, 2.24) is 0 Å². The third-order valence-electron chi connectivity index (χ3n) is 4.26. The summed E-state index contributed by atoms with van der Waals surface area (Å²) in [7, 11) is 1.48. The number of aliphatic hydroxyl groups excluding tert-OH is 1. The van der Waals surface area contributed by atoms with Gasteiger partial charge in [-0.25, -0.2) is 4.79 Å². The Balaban J connectivity index is 2.23. The van der Waals surface area contributed by atoms with Gasteiger partial charge in [-0.2, -0.15) is 12.6 Å². The highest BCUT2D eigenvalue weighted by atomic mass is 32.1. The van der Waals surface area contributed by atoms with E-state index in [9.17, 15) is 9.59 Å². The van der Waals surface area contributed by atoms with Crippen molar-refractivity contribution in [3.05, 3.63) is 60.2 Å². The molecular formula is C22H27NO7S. The molecule has 8 nitrogen and oxygen atoms in total. The maximum absolute atomic E-state index is 12.6. The first-order chi connectivity index (χ1) is 15.1. The van der Waals surface area contributed by atoms with Crippen molar-refractivity contribution in [3.8, 4) is 5.75 Å². The molecule has 0 aromatic heterocycles. The Morgan fingerprint density at radius 1 is 1.06 bits per heavy atom. The molecule has 0 spiro atoms. The molecule has 9 heteroatoms. The third-order valence-corrected chi connectivity index (χ3v) is 4.52. The molecule has 0 fully saturated rings. The van der Waals surface area contributed by atoms with E-state index in [0.717, 1.165) is 0 Å². The van der Waals surface area contributed by atoms with Crippen LogP contribution in [0, 0.1) is 0 Å². The summed E-state index contributed by atoms with van der Waals surface area (Å²) in [5.41, 5.74) is 1.14. The summed E-state index contributed by atoms with van der Waals surface area (Å²) in [6, 6.07) is 15.9. The van der Waals surface area contributed by atoms with E-state index < -0.39 is 24.3 Å². The Labute approximate surface area is 186 Å². The zero-order valence-corrected chi connectivity index (χ0v) is 18.1. The predicted molar refractivity (Wildman–Crippen MR) is 119 cm³/mol. The third kappa shape index (κ3) is 8.12. The average Bonchev–Trinajstić information content (AvgIpc) is 2.80. The van der Waals surface area contributed by atoms with Gasteiger partial charge in [0.05, 0.1) is 19.0 Å². The molecule has 2 aromatic carbocycles. The highest BCUT2D eigenvalue weighted by molar-refractivity contribution is 7.81. The maximum atomic E-state index is 12.6. The van der Waals surface area contributed by atoms with Gasteiger partial charge in [0, 0.05) is 24.8 Å². The molecule has 0 bridgehead atoms. The van der Waals surface area contributed by atoms with Crippen LogP contribution in [0.1, 0.15) is 18.1 Å². The molecule has 2 atom stereocenters. The normalized spacial score (nSPS) is 12.5. The van der Waals surface area contributed by atoms with E-state index in [-0.39, 0.29) is 32.0 Å². The molecular weight excluding hydrogens is 422 g/mol. The van der Waals surface area contributed by atoms with Crippen LogP contribution in [0.5, 0.6) is 5.75 Å². The van der Waals surface area contributed by atoms with Crippen LogP contribution in [-0.2, 0) is 19.0 Å². The van der Waals surface area contributed by atoms with E-state index in [1.807, 2.05) is 6.07 Å². The second-order valence-corrected chi connectivity index (χ2v) is 6.68. The number of carbonyl (C=O) groups is 2. The predicted octanol–water partition coefficient (Wildman–Crippen LogP) is 3.23. The summed E-state index contributed by atoms with van der Waals surface area (Å²) >= 11 is 3.88. The summed E-state index contributed by atoms with van der Waals surface area (Å²) in [4.78, 5) is 24.0. The fourth-order valence-corrected chi connectivity index (χ4v) is 2.95. The fourth-order valence-electron chi connectivity index (χ4n) is 2.85. The number of ether oxygens (including phenoxy) is 4. The molecule has 2 rings (SSSR count). The van der Waals surface area contributed by atoms with E-state index in [1.165, 1.54) is 7.11 Å². The fraction of sp³-hybridized carbons (Fsp3) is 0.364. The molecule has 0 unspecified atom stereocenters. The first-order valence-electron chi connectivity index (χ1n) is 9.73. The zero-order chi connectivity index (χ0) is 22.5. The molecule has 0 saturated heterocycles. The Morgan fingerprint density at radius 3 is 2.45 bits per heavy atom. The lowest BCUT2D eigenvalue weighted by atomic mass is 10.0. The van der Waals surface area contributed by atoms with Gasteiger partial charge < -0.3 is 24.1 Å². The minimum atomic E-state index is -0.863. The Morgan fingerprint density at radius 2 is 1.77 bits per heavy atom. The SMILES string of the molecule is CO[C@H](CCOC(=O)CS)[C@H](OC(=O)Nc1ccccc1)c1ccccc1OCCO. The standard InChI is InChI=1S/C22H27NO7S/c1-27-19(11-13-29-20(25)15-31)21(17-9-5-6-10-18(17)28-14-12-24)30-22(26)23-16-7-3-2-4-8-16/h2-10,19,21,24,31H,11-15H2,1H3,(H,23,26)/t19-,21-/m1/s1. The lowest BCUT2D eigenvalue weighted by molar-refractivity contribution is -0.141. The highest BCUT2D eigenvalue weighted by Crippen LogP contribution is 2.33. The van der Waals surface area contributed by atoms with Crippen molar-refractivity contribution in [2.45, 2.75) is 18.6 Å². The van der Waals surface area contributed by atoms with Crippen LogP contribution >= 0.6 is 12.6 Å². The second kappa shape index (κ2) is 13.5.